The van der Waals surface area contributed by atoms with Crippen molar-refractivity contribution in [3.05, 3.63) is 58.0 Å². The molecular weight excluding hydrogens is 296 g/mol. The van der Waals surface area contributed by atoms with E-state index in [2.05, 4.69) is 5.32 Å². The number of hydrogen-bond donors (Lipinski definition) is 1. The van der Waals surface area contributed by atoms with E-state index in [1.807, 2.05) is 6.92 Å². The zero-order valence-corrected chi connectivity index (χ0v) is 13.5. The van der Waals surface area contributed by atoms with Crippen molar-refractivity contribution in [2.75, 3.05) is 20.8 Å². The van der Waals surface area contributed by atoms with E-state index in [9.17, 15) is 9.59 Å². The predicted octanol–water partition coefficient (Wildman–Crippen LogP) is 1.60. The third-order valence-corrected chi connectivity index (χ3v) is 3.52. The van der Waals surface area contributed by atoms with Crippen LogP contribution >= 0.6 is 0 Å². The number of amides is 1. The molecule has 0 aliphatic rings. The Hall–Kier alpha value is -2.76. The normalized spacial score (nSPS) is 10.2. The first-order valence-electron chi connectivity index (χ1n) is 7.23. The summed E-state index contributed by atoms with van der Waals surface area (Å²) in [5.41, 5.74) is 1.18. The van der Waals surface area contributed by atoms with E-state index in [0.717, 1.165) is 5.69 Å². The van der Waals surface area contributed by atoms with Gasteiger partial charge in [-0.2, -0.15) is 0 Å². The molecule has 1 aromatic carbocycles. The number of aromatic nitrogens is 1. The van der Waals surface area contributed by atoms with Crippen molar-refractivity contribution in [3.8, 4) is 11.5 Å². The molecule has 0 saturated heterocycles. The largest absolute Gasteiger partial charge is 0.497 e. The van der Waals surface area contributed by atoms with Gasteiger partial charge in [-0.15, -0.1) is 0 Å². The van der Waals surface area contributed by atoms with Gasteiger partial charge < -0.3 is 19.4 Å². The highest BCUT2D eigenvalue weighted by atomic mass is 16.5. The third-order valence-electron chi connectivity index (χ3n) is 3.52. The quantitative estimate of drug-likeness (QED) is 0.879. The molecular formula is C17H20N2O4. The highest BCUT2D eigenvalue weighted by Crippen LogP contribution is 2.11. The maximum absolute atomic E-state index is 12.0. The van der Waals surface area contributed by atoms with E-state index in [1.54, 1.807) is 42.0 Å². The van der Waals surface area contributed by atoms with Crippen LogP contribution in [-0.4, -0.2) is 31.2 Å². The molecule has 2 aromatic rings. The SMILES string of the molecule is COc1ccc(C(=O)NCCn2c(C)cc(OC)cc2=O)cc1. The summed E-state index contributed by atoms with van der Waals surface area (Å²) < 4.78 is 11.7. The van der Waals surface area contributed by atoms with Gasteiger partial charge in [-0.1, -0.05) is 0 Å². The van der Waals surface area contributed by atoms with Gasteiger partial charge in [0.25, 0.3) is 11.5 Å². The zero-order chi connectivity index (χ0) is 16.8. The lowest BCUT2D eigenvalue weighted by Gasteiger charge is -2.12. The molecule has 1 amide bonds. The third kappa shape index (κ3) is 4.12. The molecule has 6 nitrogen and oxygen atoms in total. The van der Waals surface area contributed by atoms with Gasteiger partial charge in [-0.05, 0) is 37.3 Å². The first kappa shape index (κ1) is 16.6. The van der Waals surface area contributed by atoms with E-state index in [4.69, 9.17) is 9.47 Å². The second kappa shape index (κ2) is 7.49. The summed E-state index contributed by atoms with van der Waals surface area (Å²) in [5.74, 6) is 1.04. The number of carbonyl (C=O) groups is 1. The molecule has 23 heavy (non-hydrogen) atoms. The molecule has 0 saturated carbocycles. The Balaban J connectivity index is 1.96. The second-order valence-electron chi connectivity index (χ2n) is 5.01. The summed E-state index contributed by atoms with van der Waals surface area (Å²) in [4.78, 5) is 24.0. The van der Waals surface area contributed by atoms with Gasteiger partial charge >= 0.3 is 0 Å². The Kier molecular flexibility index (Phi) is 5.41. The fourth-order valence-electron chi connectivity index (χ4n) is 2.23. The fourth-order valence-corrected chi connectivity index (χ4v) is 2.23. The summed E-state index contributed by atoms with van der Waals surface area (Å²) in [6.07, 6.45) is 0. The van der Waals surface area contributed by atoms with E-state index in [0.29, 0.717) is 30.2 Å². The van der Waals surface area contributed by atoms with Crippen molar-refractivity contribution >= 4 is 5.91 Å². The summed E-state index contributed by atoms with van der Waals surface area (Å²) in [6.45, 7) is 2.59. The van der Waals surface area contributed by atoms with E-state index < -0.39 is 0 Å². The predicted molar refractivity (Wildman–Crippen MR) is 87.3 cm³/mol. The number of aryl methyl sites for hydroxylation is 1. The van der Waals surface area contributed by atoms with Crippen molar-refractivity contribution in [3.63, 3.8) is 0 Å². The number of pyridine rings is 1. The van der Waals surface area contributed by atoms with Crippen molar-refractivity contribution in [2.24, 2.45) is 0 Å². The van der Waals surface area contributed by atoms with E-state index in [1.165, 1.54) is 13.2 Å². The van der Waals surface area contributed by atoms with E-state index >= 15 is 0 Å². The molecule has 1 N–H and O–H groups in total. The van der Waals surface area contributed by atoms with Crippen LogP contribution in [0, 0.1) is 6.92 Å². The first-order chi connectivity index (χ1) is 11.0. The van der Waals surface area contributed by atoms with Gasteiger partial charge in [0.1, 0.15) is 11.5 Å². The standard InChI is InChI=1S/C17H20N2O4/c1-12-10-15(23-3)11-16(20)19(12)9-8-18-17(21)13-4-6-14(22-2)7-5-13/h4-7,10-11H,8-9H2,1-3H3,(H,18,21). The maximum Gasteiger partial charge on any atom is 0.254 e. The summed E-state index contributed by atoms with van der Waals surface area (Å²) in [6, 6.07) is 10.1. The molecule has 6 heteroatoms. The molecule has 0 aliphatic heterocycles. The molecule has 122 valence electrons. The van der Waals surface area contributed by atoms with Crippen LogP contribution in [0.15, 0.2) is 41.2 Å². The minimum Gasteiger partial charge on any atom is -0.497 e. The van der Waals surface area contributed by atoms with Gasteiger partial charge in [0, 0.05) is 30.4 Å². The highest BCUT2D eigenvalue weighted by molar-refractivity contribution is 5.94. The Morgan fingerprint density at radius 2 is 1.74 bits per heavy atom. The minimum absolute atomic E-state index is 0.152. The number of carbonyl (C=O) groups excluding carboxylic acids is 1. The molecule has 2 rings (SSSR count). The number of nitrogens with zero attached hydrogens (tertiary/aromatic N) is 1. The van der Waals surface area contributed by atoms with Crippen LogP contribution in [-0.2, 0) is 6.54 Å². The van der Waals surface area contributed by atoms with Gasteiger partial charge in [0.05, 0.1) is 14.2 Å². The van der Waals surface area contributed by atoms with Crippen LogP contribution in [0.4, 0.5) is 0 Å². The number of nitrogens with one attached hydrogen (secondary N) is 1. The Labute approximate surface area is 134 Å². The summed E-state index contributed by atoms with van der Waals surface area (Å²) in [7, 11) is 3.09. The van der Waals surface area contributed by atoms with Crippen molar-refractivity contribution in [1.82, 2.24) is 9.88 Å². The fraction of sp³-hybridized carbons (Fsp3) is 0.294. The van der Waals surface area contributed by atoms with E-state index in [-0.39, 0.29) is 11.5 Å². The molecule has 0 spiro atoms. The first-order valence-corrected chi connectivity index (χ1v) is 7.23. The maximum atomic E-state index is 12.0. The molecule has 1 aromatic heterocycles. The average Bonchev–Trinajstić information content (AvgIpc) is 2.56. The molecule has 0 atom stereocenters. The lowest BCUT2D eigenvalue weighted by atomic mass is 10.2. The molecule has 1 heterocycles. The Bertz CT molecular complexity index is 735. The summed E-state index contributed by atoms with van der Waals surface area (Å²) in [5, 5.41) is 2.80. The Morgan fingerprint density at radius 3 is 2.30 bits per heavy atom. The molecule has 0 radical (unpaired) electrons. The smallest absolute Gasteiger partial charge is 0.254 e. The molecule has 0 aliphatic carbocycles. The van der Waals surface area contributed by atoms with Crippen molar-refractivity contribution < 1.29 is 14.3 Å². The van der Waals surface area contributed by atoms with Gasteiger partial charge in [-0.25, -0.2) is 0 Å². The van der Waals surface area contributed by atoms with Crippen LogP contribution < -0.4 is 20.3 Å². The monoisotopic (exact) mass is 316 g/mol. The lowest BCUT2D eigenvalue weighted by Crippen LogP contribution is -2.31. The van der Waals surface area contributed by atoms with Crippen LogP contribution in [0.5, 0.6) is 11.5 Å². The molecule has 0 bridgehead atoms. The van der Waals surface area contributed by atoms with Crippen molar-refractivity contribution in [2.45, 2.75) is 13.5 Å². The highest BCUT2D eigenvalue weighted by Gasteiger charge is 2.07. The zero-order valence-electron chi connectivity index (χ0n) is 13.5. The second-order valence-corrected chi connectivity index (χ2v) is 5.01. The number of methoxy groups -OCH3 is 2. The number of hydrogen-bond acceptors (Lipinski definition) is 4. The van der Waals surface area contributed by atoms with Gasteiger partial charge in [0.2, 0.25) is 0 Å². The molecule has 0 unspecified atom stereocenters. The van der Waals surface area contributed by atoms with Crippen molar-refractivity contribution in [1.29, 1.82) is 0 Å². The molecule has 0 fully saturated rings. The average molecular weight is 316 g/mol. The number of ether oxygens (including phenoxy) is 2. The number of benzene rings is 1. The van der Waals surface area contributed by atoms with Gasteiger partial charge in [0.15, 0.2) is 0 Å². The van der Waals surface area contributed by atoms with Crippen LogP contribution in [0.2, 0.25) is 0 Å². The number of rotatable bonds is 6. The van der Waals surface area contributed by atoms with Gasteiger partial charge in [-0.3, -0.25) is 9.59 Å². The lowest BCUT2D eigenvalue weighted by molar-refractivity contribution is 0.0952. The minimum atomic E-state index is -0.188. The topological polar surface area (TPSA) is 69.6 Å². The van der Waals surface area contributed by atoms with Crippen LogP contribution in [0.25, 0.3) is 0 Å². The van der Waals surface area contributed by atoms with Crippen LogP contribution in [0.1, 0.15) is 16.1 Å². The summed E-state index contributed by atoms with van der Waals surface area (Å²) >= 11 is 0. The Morgan fingerprint density at radius 1 is 1.09 bits per heavy atom. The van der Waals surface area contributed by atoms with Crippen LogP contribution in [0.3, 0.4) is 0 Å².